The molecule has 4 nitrogen and oxygen atoms in total. The zero-order chi connectivity index (χ0) is 11.4. The molecule has 0 aromatic rings. The Kier molecular flexibility index (Phi) is 3.45. The summed E-state index contributed by atoms with van der Waals surface area (Å²) in [5.41, 5.74) is 0.238. The van der Waals surface area contributed by atoms with E-state index in [0.717, 1.165) is 38.8 Å². The molecule has 0 heterocycles. The summed E-state index contributed by atoms with van der Waals surface area (Å²) in [6.07, 6.45) is 5.80. The largest absolute Gasteiger partial charge is 0.353 e. The molecule has 0 saturated heterocycles. The van der Waals surface area contributed by atoms with E-state index in [1.807, 2.05) is 0 Å². The SMILES string of the molecule is N#CCC1(CNCCC(=O)NC2CC2)CC1. The van der Waals surface area contributed by atoms with Gasteiger partial charge in [-0.3, -0.25) is 4.79 Å². The first-order valence-electron chi connectivity index (χ1n) is 6.11. The molecule has 0 spiro atoms. The third-order valence-corrected chi connectivity index (χ3v) is 3.38. The maximum Gasteiger partial charge on any atom is 0.221 e. The van der Waals surface area contributed by atoms with Crippen LogP contribution in [0.4, 0.5) is 0 Å². The third kappa shape index (κ3) is 3.49. The van der Waals surface area contributed by atoms with Gasteiger partial charge in [-0.15, -0.1) is 0 Å². The summed E-state index contributed by atoms with van der Waals surface area (Å²) in [5.74, 6) is 0.153. The Morgan fingerprint density at radius 2 is 2.19 bits per heavy atom. The van der Waals surface area contributed by atoms with Crippen LogP contribution >= 0.6 is 0 Å². The van der Waals surface area contributed by atoms with Crippen LogP contribution in [0.1, 0.15) is 38.5 Å². The lowest BCUT2D eigenvalue weighted by Gasteiger charge is -2.11. The predicted molar refractivity (Wildman–Crippen MR) is 60.5 cm³/mol. The second-order valence-corrected chi connectivity index (χ2v) is 5.10. The number of rotatable bonds is 7. The second-order valence-electron chi connectivity index (χ2n) is 5.10. The molecule has 2 aliphatic carbocycles. The van der Waals surface area contributed by atoms with Gasteiger partial charge >= 0.3 is 0 Å². The van der Waals surface area contributed by atoms with E-state index in [9.17, 15) is 4.79 Å². The first-order chi connectivity index (χ1) is 7.74. The Morgan fingerprint density at radius 1 is 1.44 bits per heavy atom. The number of nitrogens with one attached hydrogen (secondary N) is 2. The lowest BCUT2D eigenvalue weighted by molar-refractivity contribution is -0.121. The number of nitriles is 1. The van der Waals surface area contributed by atoms with Gasteiger partial charge in [0, 0.05) is 32.0 Å². The van der Waals surface area contributed by atoms with E-state index in [1.54, 1.807) is 0 Å². The van der Waals surface area contributed by atoms with Crippen LogP contribution in [0.5, 0.6) is 0 Å². The number of hydrogen-bond donors (Lipinski definition) is 2. The lowest BCUT2D eigenvalue weighted by atomic mass is 10.0. The number of carbonyl (C=O) groups excluding carboxylic acids is 1. The fraction of sp³-hybridized carbons (Fsp3) is 0.833. The van der Waals surface area contributed by atoms with E-state index in [0.29, 0.717) is 18.9 Å². The first-order valence-corrected chi connectivity index (χ1v) is 6.11. The van der Waals surface area contributed by atoms with Crippen LogP contribution in [0.15, 0.2) is 0 Å². The van der Waals surface area contributed by atoms with E-state index in [2.05, 4.69) is 16.7 Å². The number of amides is 1. The van der Waals surface area contributed by atoms with Crippen LogP contribution in [-0.4, -0.2) is 25.0 Å². The molecule has 0 unspecified atom stereocenters. The number of carbonyl (C=O) groups is 1. The molecule has 0 aliphatic heterocycles. The fourth-order valence-electron chi connectivity index (χ4n) is 1.84. The normalized spacial score (nSPS) is 21.2. The highest BCUT2D eigenvalue weighted by Crippen LogP contribution is 2.47. The standard InChI is InChI=1S/C12H19N3O/c13-7-6-12(4-5-12)9-14-8-3-11(16)15-10-1-2-10/h10,14H,1-6,8-9H2,(H,15,16). The van der Waals surface area contributed by atoms with Crippen LogP contribution < -0.4 is 10.6 Å². The quantitative estimate of drug-likeness (QED) is 0.629. The van der Waals surface area contributed by atoms with Crippen molar-refractivity contribution in [2.24, 2.45) is 5.41 Å². The second kappa shape index (κ2) is 4.84. The smallest absolute Gasteiger partial charge is 0.221 e. The van der Waals surface area contributed by atoms with Gasteiger partial charge in [-0.2, -0.15) is 5.26 Å². The van der Waals surface area contributed by atoms with Crippen molar-refractivity contribution in [3.05, 3.63) is 0 Å². The van der Waals surface area contributed by atoms with E-state index >= 15 is 0 Å². The van der Waals surface area contributed by atoms with Gasteiger partial charge in [0.1, 0.15) is 0 Å². The summed E-state index contributed by atoms with van der Waals surface area (Å²) >= 11 is 0. The van der Waals surface area contributed by atoms with Crippen molar-refractivity contribution in [3.8, 4) is 6.07 Å². The van der Waals surface area contributed by atoms with Gasteiger partial charge in [-0.25, -0.2) is 0 Å². The summed E-state index contributed by atoms with van der Waals surface area (Å²) in [5, 5.41) is 14.9. The maximum atomic E-state index is 11.4. The molecule has 2 fully saturated rings. The highest BCUT2D eigenvalue weighted by atomic mass is 16.1. The fourth-order valence-corrected chi connectivity index (χ4v) is 1.84. The Balaban J connectivity index is 1.51. The van der Waals surface area contributed by atoms with Crippen molar-refractivity contribution in [2.75, 3.05) is 13.1 Å². The molecule has 4 heteroatoms. The minimum absolute atomic E-state index is 0.153. The van der Waals surface area contributed by atoms with Crippen molar-refractivity contribution in [1.82, 2.24) is 10.6 Å². The molecule has 0 bridgehead atoms. The molecule has 2 saturated carbocycles. The topological polar surface area (TPSA) is 64.9 Å². The molecule has 2 rings (SSSR count). The average Bonchev–Trinajstić information content (AvgIpc) is 3.12. The maximum absolute atomic E-state index is 11.4. The Hall–Kier alpha value is -1.08. The minimum Gasteiger partial charge on any atom is -0.353 e. The van der Waals surface area contributed by atoms with Gasteiger partial charge in [-0.05, 0) is 31.1 Å². The van der Waals surface area contributed by atoms with Gasteiger partial charge in [0.2, 0.25) is 5.91 Å². The number of nitrogens with zero attached hydrogens (tertiary/aromatic N) is 1. The lowest BCUT2D eigenvalue weighted by Crippen LogP contribution is -2.31. The van der Waals surface area contributed by atoms with Crippen LogP contribution in [0.3, 0.4) is 0 Å². The predicted octanol–water partition coefficient (Wildman–Crippen LogP) is 0.939. The highest BCUT2D eigenvalue weighted by Gasteiger charge is 2.41. The van der Waals surface area contributed by atoms with Crippen LogP contribution in [0.2, 0.25) is 0 Å². The Bertz CT molecular complexity index is 300. The van der Waals surface area contributed by atoms with Crippen LogP contribution in [-0.2, 0) is 4.79 Å². The molecule has 2 aliphatic rings. The molecular formula is C12H19N3O. The molecule has 0 atom stereocenters. The van der Waals surface area contributed by atoms with Crippen molar-refractivity contribution < 1.29 is 4.79 Å². The van der Waals surface area contributed by atoms with Crippen LogP contribution in [0, 0.1) is 16.7 Å². The highest BCUT2D eigenvalue weighted by molar-refractivity contribution is 5.76. The molecule has 1 amide bonds. The van der Waals surface area contributed by atoms with E-state index in [-0.39, 0.29) is 11.3 Å². The first kappa shape index (κ1) is 11.4. The number of hydrogen-bond acceptors (Lipinski definition) is 3. The molecule has 0 radical (unpaired) electrons. The average molecular weight is 221 g/mol. The summed E-state index contributed by atoms with van der Waals surface area (Å²) in [6, 6.07) is 2.69. The van der Waals surface area contributed by atoms with Crippen molar-refractivity contribution in [2.45, 2.75) is 44.6 Å². The third-order valence-electron chi connectivity index (χ3n) is 3.38. The van der Waals surface area contributed by atoms with Gasteiger partial charge in [0.05, 0.1) is 6.07 Å². The minimum atomic E-state index is 0.153. The molecule has 2 N–H and O–H groups in total. The molecule has 0 aromatic carbocycles. The van der Waals surface area contributed by atoms with Gasteiger partial charge < -0.3 is 10.6 Å². The van der Waals surface area contributed by atoms with Crippen LogP contribution in [0.25, 0.3) is 0 Å². The zero-order valence-electron chi connectivity index (χ0n) is 9.59. The monoisotopic (exact) mass is 221 g/mol. The summed E-state index contributed by atoms with van der Waals surface area (Å²) in [4.78, 5) is 11.4. The Labute approximate surface area is 96.4 Å². The molecule has 16 heavy (non-hydrogen) atoms. The van der Waals surface area contributed by atoms with Crippen molar-refractivity contribution in [3.63, 3.8) is 0 Å². The van der Waals surface area contributed by atoms with Crippen molar-refractivity contribution >= 4 is 5.91 Å². The van der Waals surface area contributed by atoms with E-state index < -0.39 is 0 Å². The molecular weight excluding hydrogens is 202 g/mol. The van der Waals surface area contributed by atoms with Gasteiger partial charge in [-0.1, -0.05) is 0 Å². The van der Waals surface area contributed by atoms with Gasteiger partial charge in [0.15, 0.2) is 0 Å². The summed E-state index contributed by atoms with van der Waals surface area (Å²) in [6.45, 7) is 1.61. The molecule has 0 aromatic heterocycles. The molecule has 88 valence electrons. The Morgan fingerprint density at radius 3 is 2.75 bits per heavy atom. The summed E-state index contributed by atoms with van der Waals surface area (Å²) < 4.78 is 0. The summed E-state index contributed by atoms with van der Waals surface area (Å²) in [7, 11) is 0. The van der Waals surface area contributed by atoms with E-state index in [4.69, 9.17) is 5.26 Å². The van der Waals surface area contributed by atoms with Crippen molar-refractivity contribution in [1.29, 1.82) is 5.26 Å². The zero-order valence-corrected chi connectivity index (χ0v) is 9.59. The van der Waals surface area contributed by atoms with E-state index in [1.165, 1.54) is 0 Å². The van der Waals surface area contributed by atoms with Gasteiger partial charge in [0.25, 0.3) is 0 Å².